The van der Waals surface area contributed by atoms with Crippen LogP contribution in [-0.2, 0) is 32.2 Å². The first-order valence-electron chi connectivity index (χ1n) is 16.5. The summed E-state index contributed by atoms with van der Waals surface area (Å²) in [6, 6.07) is 24.2. The Morgan fingerprint density at radius 3 is 2.39 bits per heavy atom. The van der Waals surface area contributed by atoms with Crippen molar-refractivity contribution in [2.75, 3.05) is 26.2 Å². The molecule has 3 aromatic carbocycles. The van der Waals surface area contributed by atoms with E-state index in [1.165, 1.54) is 6.92 Å². The third-order valence-electron chi connectivity index (χ3n) is 8.77. The zero-order valence-electron chi connectivity index (χ0n) is 26.7. The van der Waals surface area contributed by atoms with Gasteiger partial charge in [-0.05, 0) is 47.1 Å². The summed E-state index contributed by atoms with van der Waals surface area (Å²) in [5, 5.41) is 25.4. The summed E-state index contributed by atoms with van der Waals surface area (Å²) >= 11 is 0. The SMILES string of the molecule is CC(=O)NCCCCCC(=O)NCc1ccccc1-c1ccc([C@@H]2O[C@H](CN3CC[C@H](O)C3)C[C@H](c3ccc(CO)cc3)O2)cc1. The molecule has 2 saturated heterocycles. The molecule has 0 saturated carbocycles. The van der Waals surface area contributed by atoms with E-state index in [0.29, 0.717) is 32.5 Å². The number of nitrogens with one attached hydrogen (secondary N) is 2. The van der Waals surface area contributed by atoms with Crippen molar-refractivity contribution in [2.45, 2.75) is 83.2 Å². The van der Waals surface area contributed by atoms with Crippen LogP contribution in [0, 0.1) is 0 Å². The van der Waals surface area contributed by atoms with Crippen LogP contribution in [0.25, 0.3) is 11.1 Å². The zero-order valence-corrected chi connectivity index (χ0v) is 26.7. The third-order valence-corrected chi connectivity index (χ3v) is 8.77. The second-order valence-electron chi connectivity index (χ2n) is 12.4. The number of likely N-dealkylation sites (tertiary alicyclic amines) is 1. The lowest BCUT2D eigenvalue weighted by molar-refractivity contribution is -0.252. The van der Waals surface area contributed by atoms with Gasteiger partial charge in [-0.25, -0.2) is 0 Å². The molecule has 0 aliphatic carbocycles. The van der Waals surface area contributed by atoms with Gasteiger partial charge in [0.1, 0.15) is 0 Å². The zero-order chi connectivity index (χ0) is 32.3. The molecule has 3 aromatic rings. The molecule has 0 aromatic heterocycles. The lowest BCUT2D eigenvalue weighted by atomic mass is 9.97. The fraction of sp³-hybridized carbons (Fsp3) is 0.459. The van der Waals surface area contributed by atoms with Crippen molar-refractivity contribution >= 4 is 11.8 Å². The second kappa shape index (κ2) is 16.8. The van der Waals surface area contributed by atoms with Gasteiger partial charge in [0.05, 0.1) is 24.9 Å². The lowest BCUT2D eigenvalue weighted by Crippen LogP contribution is -2.38. The van der Waals surface area contributed by atoms with Crippen molar-refractivity contribution in [2.24, 2.45) is 0 Å². The first kappa shape index (κ1) is 33.8. The number of unbranched alkanes of at least 4 members (excludes halogenated alkanes) is 2. The smallest absolute Gasteiger partial charge is 0.220 e. The van der Waals surface area contributed by atoms with Crippen LogP contribution in [0.4, 0.5) is 0 Å². The highest BCUT2D eigenvalue weighted by atomic mass is 16.7. The molecule has 0 bridgehead atoms. The summed E-state index contributed by atoms with van der Waals surface area (Å²) in [4.78, 5) is 25.7. The van der Waals surface area contributed by atoms with Crippen molar-refractivity contribution in [3.05, 3.63) is 95.1 Å². The summed E-state index contributed by atoms with van der Waals surface area (Å²) in [6.45, 7) is 4.85. The molecule has 2 aliphatic rings. The number of aliphatic hydroxyl groups is 2. The van der Waals surface area contributed by atoms with Crippen LogP contribution in [0.1, 0.15) is 80.1 Å². The van der Waals surface area contributed by atoms with E-state index in [-0.39, 0.29) is 36.7 Å². The Hall–Kier alpha value is -3.60. The van der Waals surface area contributed by atoms with Gasteiger partial charge in [-0.2, -0.15) is 0 Å². The average Bonchev–Trinajstić information content (AvgIpc) is 3.49. The maximum Gasteiger partial charge on any atom is 0.220 e. The number of benzene rings is 3. The maximum absolute atomic E-state index is 12.5. The minimum absolute atomic E-state index is 0.00141. The van der Waals surface area contributed by atoms with E-state index < -0.39 is 6.29 Å². The maximum atomic E-state index is 12.5. The van der Waals surface area contributed by atoms with Crippen LogP contribution in [0.15, 0.2) is 72.8 Å². The Balaban J connectivity index is 1.22. The van der Waals surface area contributed by atoms with Crippen LogP contribution < -0.4 is 10.6 Å². The third kappa shape index (κ3) is 9.70. The van der Waals surface area contributed by atoms with Crippen LogP contribution >= 0.6 is 0 Å². The number of hydrogen-bond acceptors (Lipinski definition) is 7. The van der Waals surface area contributed by atoms with Gasteiger partial charge < -0.3 is 30.3 Å². The summed E-state index contributed by atoms with van der Waals surface area (Å²) in [6.07, 6.45) is 3.44. The van der Waals surface area contributed by atoms with Gasteiger partial charge in [-0.3, -0.25) is 14.5 Å². The quantitative estimate of drug-likeness (QED) is 0.190. The summed E-state index contributed by atoms with van der Waals surface area (Å²) in [7, 11) is 0. The van der Waals surface area contributed by atoms with Crippen LogP contribution in [0.3, 0.4) is 0 Å². The first-order valence-corrected chi connectivity index (χ1v) is 16.5. The van der Waals surface area contributed by atoms with E-state index in [0.717, 1.165) is 72.2 Å². The molecule has 2 heterocycles. The monoisotopic (exact) mass is 629 g/mol. The van der Waals surface area contributed by atoms with Gasteiger partial charge in [0.15, 0.2) is 6.29 Å². The molecular weight excluding hydrogens is 582 g/mol. The minimum atomic E-state index is -0.546. The largest absolute Gasteiger partial charge is 0.392 e. The Morgan fingerprint density at radius 2 is 1.67 bits per heavy atom. The van der Waals surface area contributed by atoms with E-state index in [1.807, 2.05) is 54.6 Å². The molecule has 46 heavy (non-hydrogen) atoms. The predicted molar refractivity (Wildman–Crippen MR) is 176 cm³/mol. The molecular formula is C37H47N3O6. The highest BCUT2D eigenvalue weighted by Gasteiger charge is 2.34. The minimum Gasteiger partial charge on any atom is -0.392 e. The molecule has 4 atom stereocenters. The summed E-state index contributed by atoms with van der Waals surface area (Å²) < 4.78 is 13.0. The highest BCUT2D eigenvalue weighted by Crippen LogP contribution is 2.39. The molecule has 2 fully saturated rings. The summed E-state index contributed by atoms with van der Waals surface area (Å²) in [5.74, 6) is -0.00417. The normalized spacial score (nSPS) is 21.6. The Kier molecular flexibility index (Phi) is 12.3. The van der Waals surface area contributed by atoms with Crippen LogP contribution in [0.5, 0.6) is 0 Å². The van der Waals surface area contributed by atoms with Gasteiger partial charge in [-0.1, -0.05) is 79.2 Å². The van der Waals surface area contributed by atoms with E-state index >= 15 is 0 Å². The highest BCUT2D eigenvalue weighted by molar-refractivity contribution is 5.76. The van der Waals surface area contributed by atoms with E-state index in [9.17, 15) is 19.8 Å². The fourth-order valence-electron chi connectivity index (χ4n) is 6.21. The van der Waals surface area contributed by atoms with Gasteiger partial charge in [0, 0.05) is 58.1 Å². The van der Waals surface area contributed by atoms with Crippen molar-refractivity contribution in [1.82, 2.24) is 15.5 Å². The first-order chi connectivity index (χ1) is 22.4. The Labute approximate surface area is 271 Å². The predicted octanol–water partition coefficient (Wildman–Crippen LogP) is 4.77. The second-order valence-corrected chi connectivity index (χ2v) is 12.4. The number of rotatable bonds is 14. The van der Waals surface area contributed by atoms with Gasteiger partial charge in [0.2, 0.25) is 11.8 Å². The lowest BCUT2D eigenvalue weighted by Gasteiger charge is -2.38. The number of aliphatic hydroxyl groups excluding tert-OH is 2. The number of amides is 2. The van der Waals surface area contributed by atoms with E-state index in [4.69, 9.17) is 9.47 Å². The van der Waals surface area contributed by atoms with Crippen LogP contribution in [-0.4, -0.2) is 65.3 Å². The standard InChI is InChI=1S/C37H47N3O6/c1-26(42)38-19-6-2-3-9-36(44)39-22-31-7-4-5-8-34(31)28-14-16-30(17-15-28)37-45-33(24-40-20-18-32(43)23-40)21-35(46-37)29-12-10-27(25-41)11-13-29/h4-5,7-8,10-17,32-33,35,37,41,43H,2-3,6,9,18-25H2,1H3,(H,38,42)(H,39,44)/t32-,33-,35+,37+/m0/s1. The fourth-order valence-corrected chi connectivity index (χ4v) is 6.21. The van der Waals surface area contributed by atoms with Crippen molar-refractivity contribution in [3.8, 4) is 11.1 Å². The molecule has 2 amide bonds. The Bertz CT molecular complexity index is 1410. The molecule has 246 valence electrons. The van der Waals surface area contributed by atoms with E-state index in [2.05, 4.69) is 33.7 Å². The van der Waals surface area contributed by atoms with Crippen LogP contribution in [0.2, 0.25) is 0 Å². The molecule has 0 unspecified atom stereocenters. The average molecular weight is 630 g/mol. The Morgan fingerprint density at radius 1 is 0.913 bits per heavy atom. The molecule has 0 radical (unpaired) electrons. The molecule has 9 heteroatoms. The van der Waals surface area contributed by atoms with E-state index in [1.54, 1.807) is 0 Å². The molecule has 5 rings (SSSR count). The number of ether oxygens (including phenoxy) is 2. The van der Waals surface area contributed by atoms with Crippen molar-refractivity contribution in [3.63, 3.8) is 0 Å². The molecule has 4 N–H and O–H groups in total. The van der Waals surface area contributed by atoms with Gasteiger partial charge in [-0.15, -0.1) is 0 Å². The molecule has 0 spiro atoms. The number of carbonyl (C=O) groups excluding carboxylic acids is 2. The molecule has 2 aliphatic heterocycles. The van der Waals surface area contributed by atoms with Crippen molar-refractivity contribution < 1.29 is 29.3 Å². The van der Waals surface area contributed by atoms with Gasteiger partial charge >= 0.3 is 0 Å². The topological polar surface area (TPSA) is 120 Å². The molecule has 9 nitrogen and oxygen atoms in total. The van der Waals surface area contributed by atoms with Gasteiger partial charge in [0.25, 0.3) is 0 Å². The number of nitrogens with zero attached hydrogens (tertiary/aromatic N) is 1. The van der Waals surface area contributed by atoms with Crippen molar-refractivity contribution in [1.29, 1.82) is 0 Å². The number of carbonyl (C=O) groups is 2. The summed E-state index contributed by atoms with van der Waals surface area (Å²) in [5.41, 5.74) is 5.98. The number of β-amino-alcohol motifs (C(OH)–C–C–N with tert-alkyl or cyclic N) is 1. The number of hydrogen-bond donors (Lipinski definition) is 4.